The van der Waals surface area contributed by atoms with Crippen LogP contribution in [0.4, 0.5) is 11.9 Å². The second kappa shape index (κ2) is 3.26. The van der Waals surface area contributed by atoms with Crippen molar-refractivity contribution in [2.24, 2.45) is 0 Å². The van der Waals surface area contributed by atoms with Crippen LogP contribution in [0.25, 0.3) is 11.6 Å². The summed E-state index contributed by atoms with van der Waals surface area (Å²) < 4.78 is 5.82. The largest absolute Gasteiger partial charge is 0.446 e. The highest BCUT2D eigenvalue weighted by atomic mass is 79.9. The van der Waals surface area contributed by atoms with Crippen molar-refractivity contribution in [3.63, 3.8) is 0 Å². The molecule has 72 valence electrons. The maximum Gasteiger partial charge on any atom is 0.225 e. The van der Waals surface area contributed by atoms with Gasteiger partial charge in [0, 0.05) is 0 Å². The van der Waals surface area contributed by atoms with Crippen molar-refractivity contribution < 1.29 is 4.42 Å². The van der Waals surface area contributed by atoms with Crippen LogP contribution < -0.4 is 11.5 Å². The van der Waals surface area contributed by atoms with Crippen molar-refractivity contribution in [2.45, 2.75) is 0 Å². The summed E-state index contributed by atoms with van der Waals surface area (Å²) in [6, 6.07) is 3.43. The number of rotatable bonds is 1. The predicted molar refractivity (Wildman–Crippen MR) is 54.1 cm³/mol. The molecule has 2 aromatic rings. The highest BCUT2D eigenvalue weighted by Gasteiger charge is 2.08. The molecule has 0 saturated heterocycles. The van der Waals surface area contributed by atoms with Gasteiger partial charge in [-0.1, -0.05) is 0 Å². The molecule has 4 N–H and O–H groups in total. The van der Waals surface area contributed by atoms with Gasteiger partial charge in [0.25, 0.3) is 0 Å². The Bertz CT molecular complexity index is 449. The van der Waals surface area contributed by atoms with Crippen LogP contribution in [-0.2, 0) is 0 Å². The third-order valence-corrected chi connectivity index (χ3v) is 1.89. The minimum Gasteiger partial charge on any atom is -0.446 e. The molecule has 0 amide bonds. The third kappa shape index (κ3) is 1.67. The molecular formula is C7H6BrN5O. The fraction of sp³-hybridized carbons (Fsp3) is 0. The van der Waals surface area contributed by atoms with Gasteiger partial charge in [-0.25, -0.2) is 0 Å². The Balaban J connectivity index is 2.51. The van der Waals surface area contributed by atoms with Crippen LogP contribution in [0.2, 0.25) is 0 Å². The smallest absolute Gasteiger partial charge is 0.225 e. The lowest BCUT2D eigenvalue weighted by Gasteiger charge is -1.97. The van der Waals surface area contributed by atoms with Gasteiger partial charge in [0.15, 0.2) is 10.4 Å². The first-order valence-corrected chi connectivity index (χ1v) is 4.47. The van der Waals surface area contributed by atoms with Crippen molar-refractivity contribution in [1.29, 1.82) is 0 Å². The molecule has 0 aliphatic carbocycles. The van der Waals surface area contributed by atoms with Crippen LogP contribution >= 0.6 is 15.9 Å². The van der Waals surface area contributed by atoms with E-state index in [1.807, 2.05) is 0 Å². The molecular weight excluding hydrogens is 250 g/mol. The highest BCUT2D eigenvalue weighted by molar-refractivity contribution is 9.10. The summed E-state index contributed by atoms with van der Waals surface area (Å²) in [5, 5.41) is 0. The monoisotopic (exact) mass is 255 g/mol. The third-order valence-electron chi connectivity index (χ3n) is 1.46. The van der Waals surface area contributed by atoms with E-state index in [0.29, 0.717) is 16.3 Å². The van der Waals surface area contributed by atoms with Gasteiger partial charge in [-0.2, -0.15) is 15.0 Å². The first-order chi connectivity index (χ1) is 6.65. The lowest BCUT2D eigenvalue weighted by molar-refractivity contribution is 0.551. The number of aromatic nitrogens is 3. The number of hydrogen-bond acceptors (Lipinski definition) is 6. The van der Waals surface area contributed by atoms with E-state index in [0.717, 1.165) is 0 Å². The highest BCUT2D eigenvalue weighted by Crippen LogP contribution is 2.22. The minimum absolute atomic E-state index is 0.0695. The Labute approximate surface area is 87.5 Å². The van der Waals surface area contributed by atoms with Crippen LogP contribution in [0.1, 0.15) is 0 Å². The Kier molecular flexibility index (Phi) is 2.08. The maximum absolute atomic E-state index is 5.41. The van der Waals surface area contributed by atoms with Crippen LogP contribution in [0.15, 0.2) is 21.2 Å². The molecule has 2 heterocycles. The summed E-state index contributed by atoms with van der Waals surface area (Å²) in [5.74, 6) is 0.943. The van der Waals surface area contributed by atoms with Crippen molar-refractivity contribution in [2.75, 3.05) is 11.5 Å². The molecule has 0 radical (unpaired) electrons. The Morgan fingerprint density at radius 1 is 1.07 bits per heavy atom. The number of nitrogens with zero attached hydrogens (tertiary/aromatic N) is 3. The van der Waals surface area contributed by atoms with E-state index in [1.54, 1.807) is 12.1 Å². The van der Waals surface area contributed by atoms with E-state index in [-0.39, 0.29) is 11.9 Å². The second-order valence-corrected chi connectivity index (χ2v) is 3.26. The summed E-state index contributed by atoms with van der Waals surface area (Å²) in [6.45, 7) is 0. The molecule has 2 aromatic heterocycles. The van der Waals surface area contributed by atoms with Crippen LogP contribution in [0, 0.1) is 0 Å². The molecule has 7 heteroatoms. The number of nitrogens with two attached hydrogens (primary N) is 2. The van der Waals surface area contributed by atoms with Gasteiger partial charge in [-0.15, -0.1) is 0 Å². The summed E-state index contributed by atoms with van der Waals surface area (Å²) in [5.41, 5.74) is 10.8. The van der Waals surface area contributed by atoms with Crippen LogP contribution in [0.5, 0.6) is 0 Å². The zero-order valence-corrected chi connectivity index (χ0v) is 8.52. The number of hydrogen-bond donors (Lipinski definition) is 2. The number of halogens is 1. The predicted octanol–water partition coefficient (Wildman–Crippen LogP) is 1.06. The van der Waals surface area contributed by atoms with E-state index in [9.17, 15) is 0 Å². The summed E-state index contributed by atoms with van der Waals surface area (Å²) in [4.78, 5) is 11.4. The first kappa shape index (κ1) is 8.95. The Morgan fingerprint density at radius 2 is 1.71 bits per heavy atom. The minimum atomic E-state index is 0.0695. The van der Waals surface area contributed by atoms with Crippen LogP contribution in [-0.4, -0.2) is 15.0 Å². The van der Waals surface area contributed by atoms with Crippen molar-refractivity contribution in [3.8, 4) is 11.6 Å². The zero-order chi connectivity index (χ0) is 10.1. The van der Waals surface area contributed by atoms with E-state index >= 15 is 0 Å². The fourth-order valence-corrected chi connectivity index (χ4v) is 1.26. The molecule has 0 saturated carbocycles. The van der Waals surface area contributed by atoms with E-state index in [1.165, 1.54) is 0 Å². The summed E-state index contributed by atoms with van der Waals surface area (Å²) >= 11 is 3.17. The number of nitrogen functional groups attached to an aromatic ring is 2. The van der Waals surface area contributed by atoms with Crippen molar-refractivity contribution in [1.82, 2.24) is 15.0 Å². The Morgan fingerprint density at radius 3 is 2.21 bits per heavy atom. The quantitative estimate of drug-likeness (QED) is 0.790. The molecule has 14 heavy (non-hydrogen) atoms. The maximum atomic E-state index is 5.41. The molecule has 0 aliphatic heterocycles. The lowest BCUT2D eigenvalue weighted by Crippen LogP contribution is -2.03. The summed E-state index contributed by atoms with van der Waals surface area (Å²) in [7, 11) is 0. The summed E-state index contributed by atoms with van der Waals surface area (Å²) in [6.07, 6.45) is 0. The lowest BCUT2D eigenvalue weighted by atomic mass is 10.4. The van der Waals surface area contributed by atoms with E-state index in [4.69, 9.17) is 15.9 Å². The molecule has 0 aliphatic rings. The normalized spacial score (nSPS) is 10.4. The van der Waals surface area contributed by atoms with Gasteiger partial charge in [0.2, 0.25) is 17.7 Å². The standard InChI is InChI=1S/C7H6BrN5O/c8-4-2-1-3(14-4)5-11-6(9)13-7(10)12-5/h1-2H,(H4,9,10,11,12,13). The number of furan rings is 1. The van der Waals surface area contributed by atoms with E-state index in [2.05, 4.69) is 30.9 Å². The topological polar surface area (TPSA) is 104 Å². The first-order valence-electron chi connectivity index (χ1n) is 3.68. The average molecular weight is 256 g/mol. The molecule has 0 atom stereocenters. The average Bonchev–Trinajstić information content (AvgIpc) is 2.50. The zero-order valence-electron chi connectivity index (χ0n) is 6.94. The number of anilines is 2. The van der Waals surface area contributed by atoms with Gasteiger partial charge in [0.1, 0.15) is 0 Å². The van der Waals surface area contributed by atoms with Gasteiger partial charge in [-0.3, -0.25) is 0 Å². The van der Waals surface area contributed by atoms with Crippen molar-refractivity contribution >= 4 is 27.8 Å². The molecule has 6 nitrogen and oxygen atoms in total. The van der Waals surface area contributed by atoms with Gasteiger partial charge >= 0.3 is 0 Å². The second-order valence-electron chi connectivity index (χ2n) is 2.48. The molecule has 0 fully saturated rings. The van der Waals surface area contributed by atoms with Crippen molar-refractivity contribution in [3.05, 3.63) is 16.8 Å². The molecule has 2 rings (SSSR count). The van der Waals surface area contributed by atoms with Crippen LogP contribution in [0.3, 0.4) is 0 Å². The molecule has 0 bridgehead atoms. The van der Waals surface area contributed by atoms with Gasteiger partial charge < -0.3 is 15.9 Å². The molecule has 0 unspecified atom stereocenters. The van der Waals surface area contributed by atoms with Gasteiger partial charge in [-0.05, 0) is 28.1 Å². The SMILES string of the molecule is Nc1nc(N)nc(-c2ccc(Br)o2)n1. The van der Waals surface area contributed by atoms with Gasteiger partial charge in [0.05, 0.1) is 0 Å². The molecule has 0 aromatic carbocycles. The Hall–Kier alpha value is -1.63. The fourth-order valence-electron chi connectivity index (χ4n) is 0.954. The molecule has 0 spiro atoms. The van der Waals surface area contributed by atoms with E-state index < -0.39 is 0 Å².